The van der Waals surface area contributed by atoms with E-state index in [-0.39, 0.29) is 17.1 Å². The molecule has 0 bridgehead atoms. The number of hydrogen-bond acceptors (Lipinski definition) is 6. The number of hydrogen-bond donors (Lipinski definition) is 4. The maximum Gasteiger partial charge on any atom is 0.377 e. The van der Waals surface area contributed by atoms with Crippen molar-refractivity contribution in [2.24, 2.45) is 0 Å². The number of anilines is 3. The zero-order valence-electron chi connectivity index (χ0n) is 11.5. The molecule has 0 aliphatic carbocycles. The molecule has 2 rings (SSSR count). The Morgan fingerprint density at radius 3 is 2.09 bits per heavy atom. The van der Waals surface area contributed by atoms with Crippen LogP contribution >= 0.6 is 0 Å². The molecule has 124 valence electrons. The van der Waals surface area contributed by atoms with Gasteiger partial charge in [0.15, 0.2) is 0 Å². The molecule has 0 saturated carbocycles. The minimum Gasteiger partial charge on any atom is -0.398 e. The van der Waals surface area contributed by atoms with Crippen LogP contribution < -0.4 is 15.6 Å². The molecule has 11 heteroatoms. The van der Waals surface area contributed by atoms with E-state index in [9.17, 15) is 21.4 Å². The summed E-state index contributed by atoms with van der Waals surface area (Å²) < 4.78 is 64.3. The van der Waals surface area contributed by atoms with E-state index >= 15 is 0 Å². The van der Waals surface area contributed by atoms with E-state index in [1.807, 2.05) is 0 Å². The maximum absolute atomic E-state index is 11.5. The molecule has 0 radical (unpaired) electrons. The largest absolute Gasteiger partial charge is 0.398 e. The second-order valence-electron chi connectivity index (χ2n) is 4.42. The van der Waals surface area contributed by atoms with Crippen molar-refractivity contribution in [3.63, 3.8) is 0 Å². The number of nitrogen functional groups attached to an aromatic ring is 1. The van der Waals surface area contributed by atoms with E-state index in [2.05, 4.69) is 5.43 Å². The van der Waals surface area contributed by atoms with Gasteiger partial charge in [-0.1, -0.05) is 18.2 Å². The van der Waals surface area contributed by atoms with E-state index in [0.29, 0.717) is 4.41 Å². The Kier molecular flexibility index (Phi) is 4.47. The number of nitrogens with one attached hydrogen (secondary N) is 1. The van der Waals surface area contributed by atoms with Gasteiger partial charge in [0.2, 0.25) is 0 Å². The highest BCUT2D eigenvalue weighted by molar-refractivity contribution is 7.87. The zero-order chi connectivity index (χ0) is 17.3. The van der Waals surface area contributed by atoms with Gasteiger partial charge in [0.25, 0.3) is 10.1 Å². The van der Waals surface area contributed by atoms with Gasteiger partial charge in [-0.25, -0.2) is 0 Å². The second-order valence-corrected chi connectivity index (χ2v) is 7.07. The molecule has 0 aliphatic rings. The molecular weight excluding hydrogens is 346 g/mol. The van der Waals surface area contributed by atoms with Gasteiger partial charge in [0.1, 0.15) is 4.90 Å². The molecule has 0 amide bonds. The molecule has 2 aromatic rings. The summed E-state index contributed by atoms with van der Waals surface area (Å²) in [5.41, 5.74) is 7.63. The first kappa shape index (κ1) is 17.0. The van der Waals surface area contributed by atoms with Crippen molar-refractivity contribution < 1.29 is 25.9 Å². The molecular formula is C12H13N3O6S2. The Morgan fingerprint density at radius 1 is 0.957 bits per heavy atom. The first-order valence-corrected chi connectivity index (χ1v) is 8.89. The highest BCUT2D eigenvalue weighted by atomic mass is 32.2. The molecule has 9 nitrogen and oxygen atoms in total. The van der Waals surface area contributed by atoms with Crippen LogP contribution in [0.25, 0.3) is 0 Å². The van der Waals surface area contributed by atoms with Gasteiger partial charge in [0, 0.05) is 0 Å². The quantitative estimate of drug-likeness (QED) is 0.353. The van der Waals surface area contributed by atoms with Crippen LogP contribution in [0.4, 0.5) is 17.1 Å². The Balaban J connectivity index is 2.47. The number of hydrazine groups is 1. The summed E-state index contributed by atoms with van der Waals surface area (Å²) in [7, 11) is -9.28. The van der Waals surface area contributed by atoms with E-state index in [0.717, 1.165) is 6.07 Å². The molecule has 0 aromatic heterocycles. The molecule has 0 atom stereocenters. The fourth-order valence-electron chi connectivity index (χ4n) is 1.76. The fraction of sp³-hybridized carbons (Fsp3) is 0. The molecule has 0 heterocycles. The lowest BCUT2D eigenvalue weighted by atomic mass is 10.3. The van der Waals surface area contributed by atoms with Crippen molar-refractivity contribution >= 4 is 37.5 Å². The Labute approximate surface area is 133 Å². The van der Waals surface area contributed by atoms with Crippen molar-refractivity contribution in [1.82, 2.24) is 0 Å². The van der Waals surface area contributed by atoms with Gasteiger partial charge < -0.3 is 5.73 Å². The van der Waals surface area contributed by atoms with Crippen LogP contribution in [0.5, 0.6) is 0 Å². The van der Waals surface area contributed by atoms with E-state index in [4.69, 9.17) is 10.3 Å². The van der Waals surface area contributed by atoms with Gasteiger partial charge in [0.05, 0.1) is 17.1 Å². The average molecular weight is 359 g/mol. The van der Waals surface area contributed by atoms with Crippen LogP contribution in [0.1, 0.15) is 0 Å². The third-order valence-corrected chi connectivity index (χ3v) is 4.42. The fourth-order valence-corrected chi connectivity index (χ4v) is 3.01. The summed E-state index contributed by atoms with van der Waals surface area (Å²) in [6, 6.07) is 10.9. The molecule has 0 aliphatic heterocycles. The standard InChI is InChI=1S/C12H13N3O6S2/c13-11-7-6-9(8-12(11)22(16,17)18)14-15(23(19,20)21)10-4-2-1-3-5-10/h1-8,14H,13H2,(H,16,17,18)(H,19,20,21). The van der Waals surface area contributed by atoms with Crippen molar-refractivity contribution in [1.29, 1.82) is 0 Å². The summed E-state index contributed by atoms with van der Waals surface area (Å²) in [4.78, 5) is -0.592. The normalized spacial score (nSPS) is 11.9. The minimum atomic E-state index is -4.70. The monoisotopic (exact) mass is 359 g/mol. The first-order chi connectivity index (χ1) is 10.6. The summed E-state index contributed by atoms with van der Waals surface area (Å²) in [5.74, 6) is 0. The zero-order valence-corrected chi connectivity index (χ0v) is 13.1. The van der Waals surface area contributed by atoms with Crippen LogP contribution in [0, 0.1) is 0 Å². The van der Waals surface area contributed by atoms with Crippen LogP contribution in [0.15, 0.2) is 53.4 Å². The first-order valence-electron chi connectivity index (χ1n) is 6.05. The van der Waals surface area contributed by atoms with Crippen LogP contribution in [0.2, 0.25) is 0 Å². The van der Waals surface area contributed by atoms with Gasteiger partial charge in [-0.05, 0) is 30.3 Å². The highest BCUT2D eigenvalue weighted by Gasteiger charge is 2.21. The van der Waals surface area contributed by atoms with E-state index in [1.54, 1.807) is 18.2 Å². The van der Waals surface area contributed by atoms with Gasteiger partial charge >= 0.3 is 10.3 Å². The van der Waals surface area contributed by atoms with Crippen LogP contribution in [-0.4, -0.2) is 25.9 Å². The third-order valence-electron chi connectivity index (χ3n) is 2.74. The Morgan fingerprint density at radius 2 is 1.57 bits per heavy atom. The number of nitrogens with two attached hydrogens (primary N) is 1. The predicted molar refractivity (Wildman–Crippen MR) is 84.8 cm³/mol. The van der Waals surface area contributed by atoms with Crippen molar-refractivity contribution in [2.75, 3.05) is 15.6 Å². The Hall–Kier alpha value is -2.34. The molecule has 5 N–H and O–H groups in total. The predicted octanol–water partition coefficient (Wildman–Crippen LogP) is 1.15. The minimum absolute atomic E-state index is 0.0340. The SMILES string of the molecule is Nc1ccc(NN(c2ccccc2)S(=O)(=O)O)cc1S(=O)(=O)O. The summed E-state index contributed by atoms with van der Waals surface area (Å²) in [6.07, 6.45) is 0. The summed E-state index contributed by atoms with van der Waals surface area (Å²) in [5, 5.41) is 0. The van der Waals surface area contributed by atoms with E-state index < -0.39 is 25.3 Å². The molecule has 0 spiro atoms. The second kappa shape index (κ2) is 6.04. The number of nitrogens with zero attached hydrogens (tertiary/aromatic N) is 1. The van der Waals surface area contributed by atoms with Crippen molar-refractivity contribution in [2.45, 2.75) is 4.90 Å². The van der Waals surface area contributed by atoms with Crippen LogP contribution in [0.3, 0.4) is 0 Å². The molecule has 0 unspecified atom stereocenters. The lowest BCUT2D eigenvalue weighted by molar-refractivity contribution is 0.480. The van der Waals surface area contributed by atoms with Gasteiger partial charge in [-0.15, -0.1) is 0 Å². The number of rotatable bonds is 5. The molecule has 2 aromatic carbocycles. The number of benzene rings is 2. The topological polar surface area (TPSA) is 150 Å². The average Bonchev–Trinajstić information content (AvgIpc) is 2.44. The van der Waals surface area contributed by atoms with Crippen LogP contribution in [-0.2, 0) is 20.4 Å². The van der Waals surface area contributed by atoms with Crippen molar-refractivity contribution in [3.05, 3.63) is 48.5 Å². The lowest BCUT2D eigenvalue weighted by Crippen LogP contribution is -2.35. The van der Waals surface area contributed by atoms with Gasteiger partial charge in [-0.2, -0.15) is 21.2 Å². The number of para-hydroxylation sites is 1. The highest BCUT2D eigenvalue weighted by Crippen LogP contribution is 2.25. The smallest absolute Gasteiger partial charge is 0.377 e. The lowest BCUT2D eigenvalue weighted by Gasteiger charge is -2.22. The maximum atomic E-state index is 11.5. The molecule has 0 saturated heterocycles. The van der Waals surface area contributed by atoms with Crippen molar-refractivity contribution in [3.8, 4) is 0 Å². The third kappa shape index (κ3) is 4.10. The Bertz CT molecular complexity index is 913. The van der Waals surface area contributed by atoms with E-state index in [1.165, 1.54) is 24.3 Å². The summed E-state index contributed by atoms with van der Waals surface area (Å²) >= 11 is 0. The molecule has 23 heavy (non-hydrogen) atoms. The van der Waals surface area contributed by atoms with Gasteiger partial charge in [-0.3, -0.25) is 14.5 Å². The summed E-state index contributed by atoms with van der Waals surface area (Å²) in [6.45, 7) is 0. The molecule has 0 fully saturated rings.